The molecule has 2 aromatic rings. The van der Waals surface area contributed by atoms with Crippen LogP contribution in [0.2, 0.25) is 0 Å². The molecule has 1 atom stereocenters. The van der Waals surface area contributed by atoms with Crippen molar-refractivity contribution in [3.63, 3.8) is 0 Å². The van der Waals surface area contributed by atoms with Crippen molar-refractivity contribution in [1.29, 1.82) is 0 Å². The Balaban J connectivity index is 1.85. The molecule has 1 aromatic carbocycles. The molecule has 0 unspecified atom stereocenters. The third-order valence-corrected chi connectivity index (χ3v) is 5.82. The number of fused-ring (bicyclic) bond motifs is 1. The number of nitrogens with one attached hydrogen (secondary N) is 1. The van der Waals surface area contributed by atoms with Crippen LogP contribution in [0, 0.1) is 13.8 Å². The monoisotopic (exact) mass is 400 g/mol. The van der Waals surface area contributed by atoms with Gasteiger partial charge in [0, 0.05) is 4.88 Å². The fourth-order valence-corrected chi connectivity index (χ4v) is 4.11. The van der Waals surface area contributed by atoms with Gasteiger partial charge in [-0.3, -0.25) is 19.3 Å². The highest BCUT2D eigenvalue weighted by Crippen LogP contribution is 2.33. The van der Waals surface area contributed by atoms with E-state index in [0.717, 1.165) is 15.3 Å². The molecule has 8 heteroatoms. The van der Waals surface area contributed by atoms with Gasteiger partial charge in [-0.2, -0.15) is 0 Å². The van der Waals surface area contributed by atoms with Crippen LogP contribution in [0.4, 0.5) is 5.00 Å². The number of ether oxygens (including phenoxy) is 1. The molecule has 0 radical (unpaired) electrons. The quantitative estimate of drug-likeness (QED) is 0.615. The summed E-state index contributed by atoms with van der Waals surface area (Å²) in [5.41, 5.74) is 1.59. The number of imide groups is 1. The minimum Gasteiger partial charge on any atom is -0.462 e. The number of nitrogens with zero attached hydrogens (tertiary/aromatic N) is 1. The molecule has 0 saturated carbocycles. The zero-order chi connectivity index (χ0) is 20.6. The van der Waals surface area contributed by atoms with Crippen molar-refractivity contribution in [3.8, 4) is 0 Å². The molecule has 3 rings (SSSR count). The van der Waals surface area contributed by atoms with E-state index < -0.39 is 29.7 Å². The Morgan fingerprint density at radius 1 is 1.14 bits per heavy atom. The maximum absolute atomic E-state index is 12.8. The molecular weight excluding hydrogens is 380 g/mol. The van der Waals surface area contributed by atoms with Crippen LogP contribution in [0.15, 0.2) is 24.3 Å². The van der Waals surface area contributed by atoms with Crippen LogP contribution in [0.1, 0.15) is 55.4 Å². The Kier molecular flexibility index (Phi) is 5.33. The number of hydrogen-bond donors (Lipinski definition) is 1. The van der Waals surface area contributed by atoms with Crippen molar-refractivity contribution in [3.05, 3.63) is 51.4 Å². The largest absolute Gasteiger partial charge is 0.462 e. The van der Waals surface area contributed by atoms with Crippen LogP contribution >= 0.6 is 11.3 Å². The van der Waals surface area contributed by atoms with Crippen LogP contribution in [-0.2, 0) is 9.53 Å². The summed E-state index contributed by atoms with van der Waals surface area (Å²) in [6.07, 6.45) is 0. The fraction of sp³-hybridized carbons (Fsp3) is 0.300. The first-order chi connectivity index (χ1) is 13.3. The van der Waals surface area contributed by atoms with E-state index >= 15 is 0 Å². The van der Waals surface area contributed by atoms with Crippen molar-refractivity contribution in [2.24, 2.45) is 0 Å². The Morgan fingerprint density at radius 3 is 2.25 bits per heavy atom. The van der Waals surface area contributed by atoms with Gasteiger partial charge in [0.1, 0.15) is 11.0 Å². The van der Waals surface area contributed by atoms with Gasteiger partial charge in [-0.25, -0.2) is 4.79 Å². The topological polar surface area (TPSA) is 92.8 Å². The van der Waals surface area contributed by atoms with Gasteiger partial charge in [0.25, 0.3) is 11.8 Å². The van der Waals surface area contributed by atoms with E-state index in [9.17, 15) is 19.2 Å². The zero-order valence-corrected chi connectivity index (χ0v) is 16.8. The second-order valence-corrected chi connectivity index (χ2v) is 7.62. The van der Waals surface area contributed by atoms with Crippen LogP contribution < -0.4 is 5.32 Å². The Hall–Kier alpha value is -3.00. The highest BCUT2D eigenvalue weighted by molar-refractivity contribution is 7.16. The first-order valence-corrected chi connectivity index (χ1v) is 9.64. The van der Waals surface area contributed by atoms with Crippen molar-refractivity contribution in [2.45, 2.75) is 33.7 Å². The van der Waals surface area contributed by atoms with Crippen LogP contribution in [-0.4, -0.2) is 41.2 Å². The number of thiophene rings is 1. The molecule has 0 fully saturated rings. The summed E-state index contributed by atoms with van der Waals surface area (Å²) in [7, 11) is 0. The summed E-state index contributed by atoms with van der Waals surface area (Å²) in [5.74, 6) is -2.09. The SMILES string of the molecule is CCOC(=O)c1c(NC(=O)[C@@H](C)N2C(=O)c3ccccc3C2=O)sc(C)c1C. The second-order valence-electron chi connectivity index (χ2n) is 6.40. The highest BCUT2D eigenvalue weighted by atomic mass is 32.1. The molecule has 28 heavy (non-hydrogen) atoms. The average molecular weight is 400 g/mol. The van der Waals surface area contributed by atoms with E-state index in [0.29, 0.717) is 10.6 Å². The van der Waals surface area contributed by atoms with Crippen LogP contribution in [0.25, 0.3) is 0 Å². The van der Waals surface area contributed by atoms with Gasteiger partial charge < -0.3 is 10.1 Å². The lowest BCUT2D eigenvalue weighted by molar-refractivity contribution is -0.119. The summed E-state index contributed by atoms with van der Waals surface area (Å²) >= 11 is 1.25. The molecule has 1 aromatic heterocycles. The number of amides is 3. The lowest BCUT2D eigenvalue weighted by Gasteiger charge is -2.21. The maximum Gasteiger partial charge on any atom is 0.341 e. The standard InChI is InChI=1S/C20H20N2O5S/c1-5-27-20(26)15-10(2)12(4)28-17(15)21-16(23)11(3)22-18(24)13-8-6-7-9-14(13)19(22)25/h6-9,11H,5H2,1-4H3,(H,21,23)/t11-/m1/s1. The Labute approximate surface area is 166 Å². The Morgan fingerprint density at radius 2 is 1.71 bits per heavy atom. The second kappa shape index (κ2) is 7.55. The first kappa shape index (κ1) is 19.8. The molecule has 0 bridgehead atoms. The summed E-state index contributed by atoms with van der Waals surface area (Å²) in [5, 5.41) is 3.04. The van der Waals surface area contributed by atoms with Gasteiger partial charge >= 0.3 is 5.97 Å². The smallest absolute Gasteiger partial charge is 0.341 e. The summed E-state index contributed by atoms with van der Waals surface area (Å²) in [6, 6.07) is 5.42. The van der Waals surface area contributed by atoms with E-state index in [2.05, 4.69) is 5.32 Å². The van der Waals surface area contributed by atoms with E-state index in [1.54, 1.807) is 38.1 Å². The predicted octanol–water partition coefficient (Wildman–Crippen LogP) is 3.16. The number of carbonyl (C=O) groups is 4. The van der Waals surface area contributed by atoms with E-state index in [4.69, 9.17) is 4.74 Å². The first-order valence-electron chi connectivity index (χ1n) is 8.82. The molecule has 7 nitrogen and oxygen atoms in total. The van der Waals surface area contributed by atoms with Gasteiger partial charge in [-0.05, 0) is 45.4 Å². The number of hydrogen-bond acceptors (Lipinski definition) is 6. The third-order valence-electron chi connectivity index (χ3n) is 4.69. The van der Waals surface area contributed by atoms with Crippen molar-refractivity contribution in [2.75, 3.05) is 11.9 Å². The Bertz CT molecular complexity index is 959. The third kappa shape index (κ3) is 3.20. The number of rotatable bonds is 5. The number of esters is 1. The maximum atomic E-state index is 12.8. The van der Waals surface area contributed by atoms with Gasteiger partial charge in [0.2, 0.25) is 5.91 Å². The predicted molar refractivity (Wildman–Crippen MR) is 105 cm³/mol. The van der Waals surface area contributed by atoms with Crippen molar-refractivity contribution in [1.82, 2.24) is 4.90 Å². The zero-order valence-electron chi connectivity index (χ0n) is 16.0. The fourth-order valence-electron chi connectivity index (χ4n) is 3.06. The lowest BCUT2D eigenvalue weighted by Crippen LogP contribution is -2.45. The molecule has 0 aliphatic carbocycles. The lowest BCUT2D eigenvalue weighted by atomic mass is 10.1. The van der Waals surface area contributed by atoms with Gasteiger partial charge in [-0.15, -0.1) is 11.3 Å². The van der Waals surface area contributed by atoms with E-state index in [-0.39, 0.29) is 17.7 Å². The van der Waals surface area contributed by atoms with Crippen molar-refractivity contribution < 1.29 is 23.9 Å². The van der Waals surface area contributed by atoms with Crippen LogP contribution in [0.3, 0.4) is 0 Å². The minimum atomic E-state index is -1.04. The average Bonchev–Trinajstić information content (AvgIpc) is 3.08. The molecule has 1 N–H and O–H groups in total. The molecular formula is C20H20N2O5S. The molecule has 3 amide bonds. The summed E-state index contributed by atoms with van der Waals surface area (Å²) < 4.78 is 5.08. The summed E-state index contributed by atoms with van der Waals surface area (Å²) in [6.45, 7) is 7.02. The number of anilines is 1. The normalized spacial score (nSPS) is 14.1. The molecule has 0 saturated heterocycles. The molecule has 146 valence electrons. The molecule has 1 aliphatic rings. The van der Waals surface area contributed by atoms with Gasteiger partial charge in [0.15, 0.2) is 0 Å². The molecule has 1 aliphatic heterocycles. The molecule has 2 heterocycles. The summed E-state index contributed by atoms with van der Waals surface area (Å²) in [4.78, 5) is 52.0. The van der Waals surface area contributed by atoms with Gasteiger partial charge in [-0.1, -0.05) is 12.1 Å². The van der Waals surface area contributed by atoms with E-state index in [1.807, 2.05) is 6.92 Å². The number of aryl methyl sites for hydroxylation is 1. The molecule has 0 spiro atoms. The van der Waals surface area contributed by atoms with Crippen LogP contribution in [0.5, 0.6) is 0 Å². The minimum absolute atomic E-state index is 0.214. The van der Waals surface area contributed by atoms with Gasteiger partial charge in [0.05, 0.1) is 23.3 Å². The van der Waals surface area contributed by atoms with Crippen molar-refractivity contribution >= 4 is 40.0 Å². The highest BCUT2D eigenvalue weighted by Gasteiger charge is 2.41. The number of carbonyl (C=O) groups excluding carboxylic acids is 4. The number of benzene rings is 1. The van der Waals surface area contributed by atoms with E-state index in [1.165, 1.54) is 18.3 Å².